The Labute approximate surface area is 166 Å². The highest BCUT2D eigenvalue weighted by molar-refractivity contribution is 7.80. The minimum atomic E-state index is -0.805. The normalized spacial score (nSPS) is 26.9. The Balaban J connectivity index is 2.72. The van der Waals surface area contributed by atoms with Crippen LogP contribution in [-0.4, -0.2) is 47.0 Å². The van der Waals surface area contributed by atoms with Gasteiger partial charge in [-0.15, -0.1) is 0 Å². The smallest absolute Gasteiger partial charge is 0.180 e. The molecule has 0 amide bonds. The topological polar surface area (TPSA) is 65.5 Å². The minimum Gasteiger partial charge on any atom is -0.488 e. The second kappa shape index (κ2) is 9.28. The molecule has 1 aliphatic heterocycles. The van der Waals surface area contributed by atoms with Gasteiger partial charge in [0.2, 0.25) is 0 Å². The number of ether oxygens (including phenoxy) is 1. The maximum Gasteiger partial charge on any atom is 0.180 e. The maximum atomic E-state index is 10.2. The van der Waals surface area contributed by atoms with E-state index in [4.69, 9.17) is 17.0 Å². The molecule has 6 heteroatoms. The van der Waals surface area contributed by atoms with Crippen molar-refractivity contribution in [1.29, 1.82) is 0 Å². The van der Waals surface area contributed by atoms with Crippen LogP contribution in [0.4, 0.5) is 0 Å². The molecule has 1 fully saturated rings. The summed E-state index contributed by atoms with van der Waals surface area (Å²) in [5.41, 5.74) is 5.32. The lowest BCUT2D eigenvalue weighted by atomic mass is 9.64. The summed E-state index contributed by atoms with van der Waals surface area (Å²) in [6.07, 6.45) is 6.54. The summed E-state index contributed by atoms with van der Waals surface area (Å²) in [5.74, 6) is 0. The molecule has 0 spiro atoms. The fraction of sp³-hybridized carbons (Fsp3) is 0.950. The van der Waals surface area contributed by atoms with E-state index in [1.165, 1.54) is 0 Å². The van der Waals surface area contributed by atoms with E-state index in [0.29, 0.717) is 5.05 Å². The molecule has 1 saturated heterocycles. The molecular weight excluding hydrogens is 346 g/mol. The lowest BCUT2D eigenvalue weighted by Crippen LogP contribution is -2.60. The van der Waals surface area contributed by atoms with Crippen molar-refractivity contribution in [3.8, 4) is 0 Å². The van der Waals surface area contributed by atoms with Crippen molar-refractivity contribution < 1.29 is 9.84 Å². The van der Waals surface area contributed by atoms with Crippen molar-refractivity contribution in [2.75, 3.05) is 20.2 Å². The first-order chi connectivity index (χ1) is 12.0. The number of aliphatic hydroxyl groups is 1. The van der Waals surface area contributed by atoms with Crippen LogP contribution in [0.5, 0.6) is 0 Å². The maximum absolute atomic E-state index is 10.2. The number of thiocarbonyl (C=S) groups is 1. The molecule has 0 aromatic carbocycles. The second-order valence-corrected chi connectivity index (χ2v) is 9.17. The molecule has 1 heterocycles. The molecule has 4 N–H and O–H groups in total. The highest BCUT2D eigenvalue weighted by Crippen LogP contribution is 2.50. The van der Waals surface area contributed by atoms with Crippen LogP contribution >= 0.6 is 12.2 Å². The number of hydrogen-bond donors (Lipinski definition) is 4. The summed E-state index contributed by atoms with van der Waals surface area (Å²) in [5, 5.41) is 14.6. The molecule has 26 heavy (non-hydrogen) atoms. The zero-order valence-electron chi connectivity index (χ0n) is 17.9. The van der Waals surface area contributed by atoms with Crippen molar-refractivity contribution in [2.45, 2.75) is 96.7 Å². The van der Waals surface area contributed by atoms with Gasteiger partial charge < -0.3 is 15.2 Å². The average Bonchev–Trinajstić information content (AvgIpc) is 2.92. The van der Waals surface area contributed by atoms with E-state index in [2.05, 4.69) is 30.0 Å². The van der Waals surface area contributed by atoms with Gasteiger partial charge in [0.1, 0.15) is 0 Å². The highest BCUT2D eigenvalue weighted by atomic mass is 32.1. The summed E-state index contributed by atoms with van der Waals surface area (Å²) < 4.78 is 5.55. The van der Waals surface area contributed by atoms with E-state index in [1.54, 1.807) is 7.11 Å². The molecule has 0 aromatic heterocycles. The average molecular weight is 388 g/mol. The van der Waals surface area contributed by atoms with E-state index >= 15 is 0 Å². The number of hydrogen-bond acceptors (Lipinski definition) is 6. The molecule has 0 radical (unpaired) electrons. The molecule has 1 aliphatic rings. The lowest BCUT2D eigenvalue weighted by Gasteiger charge is -2.45. The van der Waals surface area contributed by atoms with Crippen molar-refractivity contribution >= 4 is 17.3 Å². The van der Waals surface area contributed by atoms with Crippen molar-refractivity contribution in [3.05, 3.63) is 0 Å². The Hall–Kier alpha value is -0.270. The monoisotopic (exact) mass is 387 g/mol. The SMILES string of the molecule is CCC[C@@]1(CCCNNC(C)(C)C(C)(C)O)CCN[C@]1(CC)C(=S)OC. The van der Waals surface area contributed by atoms with Gasteiger partial charge in [-0.1, -0.05) is 20.3 Å². The summed E-state index contributed by atoms with van der Waals surface area (Å²) in [4.78, 5) is 0. The largest absolute Gasteiger partial charge is 0.488 e. The van der Waals surface area contributed by atoms with E-state index in [9.17, 15) is 5.11 Å². The van der Waals surface area contributed by atoms with Crippen molar-refractivity contribution in [2.24, 2.45) is 5.41 Å². The third-order valence-electron chi connectivity index (χ3n) is 6.62. The Morgan fingerprint density at radius 1 is 1.23 bits per heavy atom. The van der Waals surface area contributed by atoms with Gasteiger partial charge in [0.25, 0.3) is 0 Å². The van der Waals surface area contributed by atoms with Crippen LogP contribution in [0, 0.1) is 5.41 Å². The van der Waals surface area contributed by atoms with Gasteiger partial charge in [-0.3, -0.25) is 5.43 Å². The quantitative estimate of drug-likeness (QED) is 0.248. The van der Waals surface area contributed by atoms with Crippen LogP contribution in [-0.2, 0) is 4.74 Å². The van der Waals surface area contributed by atoms with E-state index in [1.807, 2.05) is 27.7 Å². The molecule has 5 nitrogen and oxygen atoms in total. The molecule has 0 aliphatic carbocycles. The van der Waals surface area contributed by atoms with E-state index < -0.39 is 11.1 Å². The van der Waals surface area contributed by atoms with Crippen LogP contribution in [0.1, 0.15) is 80.1 Å². The number of rotatable bonds is 11. The van der Waals surface area contributed by atoms with Gasteiger partial charge in [-0.25, -0.2) is 5.43 Å². The van der Waals surface area contributed by atoms with Crippen LogP contribution in [0.15, 0.2) is 0 Å². The van der Waals surface area contributed by atoms with Gasteiger partial charge in [-0.2, -0.15) is 0 Å². The molecule has 2 atom stereocenters. The number of methoxy groups -OCH3 is 1. The molecule has 0 saturated carbocycles. The fourth-order valence-electron chi connectivity index (χ4n) is 4.26. The standard InChI is InChI=1S/C20H41N3O2S/c1-8-11-19(13-15-21-20(19,9-2)16(26)25-7)12-10-14-22-23-17(3,4)18(5,6)24/h21-24H,8-15H2,1-7H3/t19-,20-/m1/s1. The summed E-state index contributed by atoms with van der Waals surface area (Å²) >= 11 is 5.64. The fourth-order valence-corrected chi connectivity index (χ4v) is 4.69. The lowest BCUT2D eigenvalue weighted by molar-refractivity contribution is -0.0116. The van der Waals surface area contributed by atoms with E-state index in [-0.39, 0.29) is 11.0 Å². The first-order valence-electron chi connectivity index (χ1n) is 10.1. The zero-order valence-corrected chi connectivity index (χ0v) is 18.7. The first-order valence-corrected chi connectivity index (χ1v) is 10.5. The van der Waals surface area contributed by atoms with Crippen molar-refractivity contribution in [1.82, 2.24) is 16.2 Å². The Morgan fingerprint density at radius 3 is 2.38 bits per heavy atom. The Bertz CT molecular complexity index is 464. The Morgan fingerprint density at radius 2 is 1.88 bits per heavy atom. The molecule has 0 aromatic rings. The predicted molar refractivity (Wildman–Crippen MR) is 113 cm³/mol. The summed E-state index contributed by atoms with van der Waals surface area (Å²) in [6.45, 7) is 13.9. The predicted octanol–water partition coefficient (Wildman–Crippen LogP) is 3.31. The third-order valence-corrected chi connectivity index (χ3v) is 7.13. The van der Waals surface area contributed by atoms with Crippen LogP contribution in [0.25, 0.3) is 0 Å². The summed E-state index contributed by atoms with van der Waals surface area (Å²) in [7, 11) is 1.70. The van der Waals surface area contributed by atoms with Gasteiger partial charge in [-0.05, 0) is 84.0 Å². The molecular formula is C20H41N3O2S. The zero-order chi connectivity index (χ0) is 20.1. The summed E-state index contributed by atoms with van der Waals surface area (Å²) in [6, 6.07) is 0. The number of hydrazine groups is 1. The van der Waals surface area contributed by atoms with Crippen LogP contribution in [0.2, 0.25) is 0 Å². The first kappa shape index (κ1) is 23.8. The Kier molecular flexibility index (Phi) is 8.49. The van der Waals surface area contributed by atoms with Gasteiger partial charge in [0, 0.05) is 6.54 Å². The molecule has 154 valence electrons. The third kappa shape index (κ3) is 4.76. The highest BCUT2D eigenvalue weighted by Gasteiger charge is 2.55. The molecule has 0 bridgehead atoms. The number of nitrogens with one attached hydrogen (secondary N) is 3. The van der Waals surface area contributed by atoms with Gasteiger partial charge in [0.05, 0.1) is 23.8 Å². The van der Waals surface area contributed by atoms with Crippen LogP contribution in [0.3, 0.4) is 0 Å². The van der Waals surface area contributed by atoms with Gasteiger partial charge in [0.15, 0.2) is 5.05 Å². The van der Waals surface area contributed by atoms with Crippen molar-refractivity contribution in [3.63, 3.8) is 0 Å². The van der Waals surface area contributed by atoms with Crippen LogP contribution < -0.4 is 16.2 Å². The van der Waals surface area contributed by atoms with Gasteiger partial charge >= 0.3 is 0 Å². The minimum absolute atomic E-state index is 0.150. The second-order valence-electron chi connectivity index (χ2n) is 8.80. The molecule has 1 rings (SSSR count). The molecule has 0 unspecified atom stereocenters. The van der Waals surface area contributed by atoms with E-state index in [0.717, 1.165) is 51.6 Å².